The van der Waals surface area contributed by atoms with Gasteiger partial charge in [-0.3, -0.25) is 0 Å². The molecule has 0 bridgehead atoms. The Morgan fingerprint density at radius 1 is 1.09 bits per heavy atom. The minimum Gasteiger partial charge on any atom is -0.507 e. The third kappa shape index (κ3) is 4.23. The highest BCUT2D eigenvalue weighted by atomic mass is 16.3. The van der Waals surface area contributed by atoms with E-state index < -0.39 is 6.10 Å². The van der Waals surface area contributed by atoms with E-state index in [9.17, 15) is 10.2 Å². The molecule has 22 heavy (non-hydrogen) atoms. The van der Waals surface area contributed by atoms with Crippen molar-refractivity contribution in [1.82, 2.24) is 0 Å². The van der Waals surface area contributed by atoms with Crippen molar-refractivity contribution in [2.24, 2.45) is 11.8 Å². The normalized spacial score (nSPS) is 18.6. The lowest BCUT2D eigenvalue weighted by Gasteiger charge is -2.22. The molecule has 2 heteroatoms. The van der Waals surface area contributed by atoms with E-state index >= 15 is 0 Å². The van der Waals surface area contributed by atoms with Crippen LogP contribution in [-0.2, 0) is 6.42 Å². The second-order valence-electron chi connectivity index (χ2n) is 7.18. The molecule has 0 radical (unpaired) electrons. The molecule has 120 valence electrons. The van der Waals surface area contributed by atoms with Gasteiger partial charge in [0.15, 0.2) is 0 Å². The first-order chi connectivity index (χ1) is 10.4. The van der Waals surface area contributed by atoms with E-state index in [0.29, 0.717) is 18.3 Å². The molecule has 1 aliphatic rings. The number of aliphatic hydroxyl groups excluding tert-OH is 1. The monoisotopic (exact) mass is 300 g/mol. The topological polar surface area (TPSA) is 40.5 Å². The van der Waals surface area contributed by atoms with E-state index in [0.717, 1.165) is 24.0 Å². The van der Waals surface area contributed by atoms with E-state index in [1.165, 1.54) is 11.1 Å². The highest BCUT2D eigenvalue weighted by molar-refractivity contribution is 5.76. The van der Waals surface area contributed by atoms with E-state index in [4.69, 9.17) is 0 Å². The zero-order valence-corrected chi connectivity index (χ0v) is 14.1. The summed E-state index contributed by atoms with van der Waals surface area (Å²) in [6, 6.07) is 5.75. The molecule has 1 unspecified atom stereocenters. The smallest absolute Gasteiger partial charge is 0.123 e. The summed E-state index contributed by atoms with van der Waals surface area (Å²) < 4.78 is 0. The molecule has 0 aliphatic heterocycles. The van der Waals surface area contributed by atoms with Crippen LogP contribution in [0.15, 0.2) is 35.9 Å². The van der Waals surface area contributed by atoms with E-state index in [-0.39, 0.29) is 5.75 Å². The maximum Gasteiger partial charge on any atom is 0.123 e. The van der Waals surface area contributed by atoms with Crippen molar-refractivity contribution < 1.29 is 10.2 Å². The van der Waals surface area contributed by atoms with Gasteiger partial charge in [-0.1, -0.05) is 51.5 Å². The first-order valence-corrected chi connectivity index (χ1v) is 8.27. The second-order valence-corrected chi connectivity index (χ2v) is 7.18. The first-order valence-electron chi connectivity index (χ1n) is 8.27. The third-order valence-electron chi connectivity index (χ3n) is 3.96. The summed E-state index contributed by atoms with van der Waals surface area (Å²) in [4.78, 5) is 0. The van der Waals surface area contributed by atoms with Crippen molar-refractivity contribution in [1.29, 1.82) is 0 Å². The molecular formula is C20H28O2. The average molecular weight is 300 g/mol. The van der Waals surface area contributed by atoms with E-state index in [1.54, 1.807) is 6.07 Å². The van der Waals surface area contributed by atoms with Gasteiger partial charge in [0.25, 0.3) is 0 Å². The van der Waals surface area contributed by atoms with Crippen molar-refractivity contribution in [3.63, 3.8) is 0 Å². The zero-order chi connectivity index (χ0) is 16.3. The lowest BCUT2D eigenvalue weighted by Crippen LogP contribution is -2.13. The third-order valence-corrected chi connectivity index (χ3v) is 3.96. The summed E-state index contributed by atoms with van der Waals surface area (Å²) in [5.74, 6) is 1.41. The molecule has 0 fully saturated rings. The quantitative estimate of drug-likeness (QED) is 0.826. The molecule has 0 aromatic heterocycles. The van der Waals surface area contributed by atoms with Crippen LogP contribution in [0.5, 0.6) is 5.75 Å². The number of benzene rings is 1. The molecule has 0 heterocycles. The Morgan fingerprint density at radius 2 is 1.77 bits per heavy atom. The van der Waals surface area contributed by atoms with Crippen LogP contribution in [0.4, 0.5) is 0 Å². The average Bonchev–Trinajstić information content (AvgIpc) is 2.42. The molecule has 0 saturated heterocycles. The maximum atomic E-state index is 10.3. The first kappa shape index (κ1) is 16.8. The van der Waals surface area contributed by atoms with Gasteiger partial charge in [0.05, 0.1) is 6.10 Å². The van der Waals surface area contributed by atoms with Crippen LogP contribution >= 0.6 is 0 Å². The summed E-state index contributed by atoms with van der Waals surface area (Å²) in [7, 11) is 0. The predicted molar refractivity (Wildman–Crippen MR) is 92.8 cm³/mol. The largest absolute Gasteiger partial charge is 0.507 e. The summed E-state index contributed by atoms with van der Waals surface area (Å²) in [5.41, 5.74) is 4.08. The van der Waals surface area contributed by atoms with Crippen LogP contribution in [0.3, 0.4) is 0 Å². The van der Waals surface area contributed by atoms with Crippen molar-refractivity contribution >= 4 is 5.57 Å². The Morgan fingerprint density at radius 3 is 2.41 bits per heavy atom. The number of aromatic hydroxyl groups is 1. The number of hydrogen-bond donors (Lipinski definition) is 2. The molecule has 1 aromatic rings. The molecule has 1 aromatic carbocycles. The Labute approximate surface area is 134 Å². The minimum atomic E-state index is -0.531. The molecule has 2 nitrogen and oxygen atoms in total. The fourth-order valence-electron chi connectivity index (χ4n) is 3.03. The van der Waals surface area contributed by atoms with Crippen LogP contribution < -0.4 is 0 Å². The van der Waals surface area contributed by atoms with Crippen LogP contribution in [0, 0.1) is 11.8 Å². The summed E-state index contributed by atoms with van der Waals surface area (Å²) in [5, 5.41) is 20.6. The van der Waals surface area contributed by atoms with Crippen molar-refractivity contribution in [3.8, 4) is 5.75 Å². The van der Waals surface area contributed by atoms with Gasteiger partial charge in [-0.05, 0) is 54.4 Å². The Balaban J connectivity index is 2.35. The van der Waals surface area contributed by atoms with Gasteiger partial charge in [-0.15, -0.1) is 0 Å². The summed E-state index contributed by atoms with van der Waals surface area (Å²) in [6.45, 7) is 8.76. The van der Waals surface area contributed by atoms with Crippen molar-refractivity contribution in [2.75, 3.05) is 0 Å². The van der Waals surface area contributed by atoms with Gasteiger partial charge >= 0.3 is 0 Å². The van der Waals surface area contributed by atoms with Crippen LogP contribution in [-0.4, -0.2) is 16.3 Å². The predicted octanol–water partition coefficient (Wildman–Crippen LogP) is 4.71. The number of allylic oxidation sites excluding steroid dienone is 2. The minimum absolute atomic E-state index is 0.253. The Bertz CT molecular complexity index is 579. The number of phenolic OH excluding ortho intramolecular Hbond substituents is 1. The molecule has 2 N–H and O–H groups in total. The molecule has 0 saturated carbocycles. The second kappa shape index (κ2) is 7.15. The van der Waals surface area contributed by atoms with Gasteiger partial charge < -0.3 is 10.2 Å². The SMILES string of the molecule is CC(C)CC1=CCC(O)C(c2cc(CC(C)C)ccc2O)=C1. The number of phenols is 1. The molecule has 0 amide bonds. The molecule has 2 rings (SSSR count). The van der Waals surface area contributed by atoms with Gasteiger partial charge in [0, 0.05) is 5.56 Å². The fraction of sp³-hybridized carbons (Fsp3) is 0.500. The van der Waals surface area contributed by atoms with E-state index in [2.05, 4.69) is 39.8 Å². The zero-order valence-electron chi connectivity index (χ0n) is 14.1. The molecule has 1 atom stereocenters. The van der Waals surface area contributed by atoms with Crippen LogP contribution in [0.25, 0.3) is 5.57 Å². The van der Waals surface area contributed by atoms with Gasteiger partial charge in [-0.2, -0.15) is 0 Å². The molecule has 0 spiro atoms. The van der Waals surface area contributed by atoms with Crippen LogP contribution in [0.1, 0.15) is 51.7 Å². The maximum absolute atomic E-state index is 10.3. The number of hydrogen-bond acceptors (Lipinski definition) is 2. The number of aliphatic hydroxyl groups is 1. The number of rotatable bonds is 5. The molecule has 1 aliphatic carbocycles. The standard InChI is InChI=1S/C20H28O2/c1-13(2)9-15-5-7-19(21)17(11-15)18-12-16(10-14(3)4)6-8-20(18)22/h5-7,11-14,20-22H,8-10H2,1-4H3. The van der Waals surface area contributed by atoms with Crippen LogP contribution in [0.2, 0.25) is 0 Å². The van der Waals surface area contributed by atoms with E-state index in [1.807, 2.05) is 12.1 Å². The lowest BCUT2D eigenvalue weighted by molar-refractivity contribution is 0.234. The lowest BCUT2D eigenvalue weighted by atomic mass is 9.87. The van der Waals surface area contributed by atoms with Gasteiger partial charge in [0.1, 0.15) is 5.75 Å². The highest BCUT2D eigenvalue weighted by Gasteiger charge is 2.20. The van der Waals surface area contributed by atoms with Gasteiger partial charge in [0.2, 0.25) is 0 Å². The van der Waals surface area contributed by atoms with Crippen molar-refractivity contribution in [2.45, 2.75) is 53.1 Å². The Kier molecular flexibility index (Phi) is 5.47. The van der Waals surface area contributed by atoms with Crippen molar-refractivity contribution in [3.05, 3.63) is 47.1 Å². The Hall–Kier alpha value is -1.54. The molecular weight excluding hydrogens is 272 g/mol. The summed E-state index contributed by atoms with van der Waals surface area (Å²) in [6.07, 6.45) is 6.25. The van der Waals surface area contributed by atoms with Gasteiger partial charge in [-0.25, -0.2) is 0 Å². The summed E-state index contributed by atoms with van der Waals surface area (Å²) >= 11 is 0. The highest BCUT2D eigenvalue weighted by Crippen LogP contribution is 2.34. The fourth-order valence-corrected chi connectivity index (χ4v) is 3.03.